The molecule has 21 heavy (non-hydrogen) atoms. The van der Waals surface area contributed by atoms with Gasteiger partial charge in [-0.15, -0.1) is 10.2 Å². The van der Waals surface area contributed by atoms with Crippen molar-refractivity contribution < 1.29 is 4.92 Å². The van der Waals surface area contributed by atoms with E-state index < -0.39 is 0 Å². The second-order valence-electron chi connectivity index (χ2n) is 5.24. The quantitative estimate of drug-likeness (QED) is 0.655. The number of nitro groups is 1. The maximum atomic E-state index is 10.8. The second-order valence-corrected chi connectivity index (χ2v) is 6.30. The Morgan fingerprint density at radius 1 is 1.43 bits per heavy atom. The summed E-state index contributed by atoms with van der Waals surface area (Å²) in [7, 11) is 0. The van der Waals surface area contributed by atoms with E-state index in [2.05, 4.69) is 15.5 Å². The van der Waals surface area contributed by atoms with Crippen LogP contribution in [0.15, 0.2) is 18.2 Å². The predicted octanol–water partition coefficient (Wildman–Crippen LogP) is 2.72. The van der Waals surface area contributed by atoms with Gasteiger partial charge in [0, 0.05) is 36.2 Å². The summed E-state index contributed by atoms with van der Waals surface area (Å²) in [6.45, 7) is 2.67. The van der Waals surface area contributed by atoms with Gasteiger partial charge in [0.05, 0.1) is 4.92 Å². The highest BCUT2D eigenvalue weighted by atomic mass is 32.1. The highest BCUT2D eigenvalue weighted by Crippen LogP contribution is 2.28. The van der Waals surface area contributed by atoms with Crippen LogP contribution in [0.1, 0.15) is 23.4 Å². The maximum Gasteiger partial charge on any atom is 0.272 e. The van der Waals surface area contributed by atoms with Crippen LogP contribution in [-0.4, -0.2) is 27.7 Å². The van der Waals surface area contributed by atoms with Gasteiger partial charge < -0.3 is 5.32 Å². The van der Waals surface area contributed by atoms with Gasteiger partial charge in [-0.05, 0) is 31.9 Å². The van der Waals surface area contributed by atoms with Crippen LogP contribution < -0.4 is 5.32 Å². The van der Waals surface area contributed by atoms with Crippen molar-refractivity contribution in [3.63, 3.8) is 0 Å². The van der Waals surface area contributed by atoms with Crippen molar-refractivity contribution in [2.75, 3.05) is 6.54 Å². The molecule has 1 aliphatic carbocycles. The molecule has 0 atom stereocenters. The number of nitrogens with one attached hydrogen (secondary N) is 1. The number of aryl methyl sites for hydroxylation is 1. The largest absolute Gasteiger partial charge is 0.314 e. The van der Waals surface area contributed by atoms with Crippen LogP contribution in [0, 0.1) is 17.0 Å². The minimum atomic E-state index is -0.367. The fourth-order valence-electron chi connectivity index (χ4n) is 2.14. The van der Waals surface area contributed by atoms with Crippen molar-refractivity contribution in [2.45, 2.75) is 32.2 Å². The molecule has 1 N–H and O–H groups in total. The lowest BCUT2D eigenvalue weighted by atomic mass is 10.1. The molecular weight excluding hydrogens is 288 g/mol. The first-order valence-corrected chi connectivity index (χ1v) is 7.76. The molecule has 7 heteroatoms. The summed E-state index contributed by atoms with van der Waals surface area (Å²) in [5.41, 5.74) is 1.67. The van der Waals surface area contributed by atoms with Crippen molar-refractivity contribution in [1.82, 2.24) is 15.5 Å². The third-order valence-corrected chi connectivity index (χ3v) is 4.49. The van der Waals surface area contributed by atoms with Gasteiger partial charge >= 0.3 is 0 Å². The molecule has 0 aliphatic heterocycles. The predicted molar refractivity (Wildman–Crippen MR) is 81.5 cm³/mol. The third-order valence-electron chi connectivity index (χ3n) is 3.46. The van der Waals surface area contributed by atoms with Crippen molar-refractivity contribution in [1.29, 1.82) is 0 Å². The number of rotatable bonds is 6. The first-order valence-electron chi connectivity index (χ1n) is 6.94. The summed E-state index contributed by atoms with van der Waals surface area (Å²) in [4.78, 5) is 10.5. The number of benzene rings is 1. The van der Waals surface area contributed by atoms with E-state index in [1.807, 2.05) is 0 Å². The monoisotopic (exact) mass is 304 g/mol. The van der Waals surface area contributed by atoms with E-state index >= 15 is 0 Å². The molecule has 1 fully saturated rings. The van der Waals surface area contributed by atoms with E-state index in [-0.39, 0.29) is 10.6 Å². The molecule has 6 nitrogen and oxygen atoms in total. The average Bonchev–Trinajstić information content (AvgIpc) is 3.14. The zero-order valence-electron chi connectivity index (χ0n) is 11.7. The molecule has 1 saturated carbocycles. The molecule has 0 amide bonds. The second kappa shape index (κ2) is 5.87. The summed E-state index contributed by atoms with van der Waals surface area (Å²) < 4.78 is 0. The maximum absolute atomic E-state index is 10.8. The van der Waals surface area contributed by atoms with Gasteiger partial charge in [0.25, 0.3) is 5.69 Å². The topological polar surface area (TPSA) is 81.0 Å². The molecule has 1 aromatic carbocycles. The van der Waals surface area contributed by atoms with Gasteiger partial charge in [-0.2, -0.15) is 0 Å². The fourth-order valence-corrected chi connectivity index (χ4v) is 2.97. The first-order chi connectivity index (χ1) is 10.1. The van der Waals surface area contributed by atoms with Gasteiger partial charge in [0.2, 0.25) is 0 Å². The molecule has 0 saturated heterocycles. The molecule has 2 aromatic rings. The number of nitrogens with zero attached hydrogens (tertiary/aromatic N) is 3. The Kier molecular flexibility index (Phi) is 3.94. The van der Waals surface area contributed by atoms with Gasteiger partial charge in [0.15, 0.2) is 0 Å². The summed E-state index contributed by atoms with van der Waals surface area (Å²) >= 11 is 1.55. The molecule has 0 unspecified atom stereocenters. The van der Waals surface area contributed by atoms with E-state index in [1.165, 1.54) is 18.9 Å². The first kappa shape index (κ1) is 14.1. The number of nitro benzene ring substituents is 1. The van der Waals surface area contributed by atoms with Crippen LogP contribution in [0.3, 0.4) is 0 Å². The lowest BCUT2D eigenvalue weighted by molar-refractivity contribution is -0.385. The van der Waals surface area contributed by atoms with E-state index in [0.29, 0.717) is 11.6 Å². The van der Waals surface area contributed by atoms with Crippen molar-refractivity contribution >= 4 is 17.0 Å². The van der Waals surface area contributed by atoms with E-state index in [9.17, 15) is 10.1 Å². The van der Waals surface area contributed by atoms with E-state index in [1.54, 1.807) is 30.4 Å². The minimum absolute atomic E-state index is 0.136. The molecule has 0 radical (unpaired) electrons. The molecule has 0 bridgehead atoms. The SMILES string of the molecule is Cc1cc(-c2nnc(CCNC3CC3)s2)ccc1[N+](=O)[O-]. The van der Waals surface area contributed by atoms with Crippen molar-refractivity contribution in [2.24, 2.45) is 0 Å². The Morgan fingerprint density at radius 3 is 2.90 bits per heavy atom. The van der Waals surface area contributed by atoms with E-state index in [0.717, 1.165) is 28.5 Å². The minimum Gasteiger partial charge on any atom is -0.314 e. The van der Waals surface area contributed by atoms with Crippen LogP contribution in [0.4, 0.5) is 5.69 Å². The Labute approximate surface area is 126 Å². The highest BCUT2D eigenvalue weighted by Gasteiger charge is 2.20. The van der Waals surface area contributed by atoms with Gasteiger partial charge in [-0.1, -0.05) is 11.3 Å². The Morgan fingerprint density at radius 2 is 2.24 bits per heavy atom. The standard InChI is InChI=1S/C14H16N4O2S/c1-9-8-10(2-5-12(9)18(19)20)14-17-16-13(21-14)6-7-15-11-3-4-11/h2,5,8,11,15H,3-4,6-7H2,1H3. The molecule has 0 spiro atoms. The van der Waals surface area contributed by atoms with Gasteiger partial charge in [-0.3, -0.25) is 10.1 Å². The van der Waals surface area contributed by atoms with Crippen LogP contribution >= 0.6 is 11.3 Å². The fraction of sp³-hybridized carbons (Fsp3) is 0.429. The zero-order valence-corrected chi connectivity index (χ0v) is 12.5. The normalized spacial score (nSPS) is 14.3. The third kappa shape index (κ3) is 3.43. The van der Waals surface area contributed by atoms with Gasteiger partial charge in [-0.25, -0.2) is 0 Å². The Balaban J connectivity index is 1.69. The van der Waals surface area contributed by atoms with Gasteiger partial charge in [0.1, 0.15) is 10.0 Å². The Bertz CT molecular complexity index is 667. The molecule has 3 rings (SSSR count). The lowest BCUT2D eigenvalue weighted by Gasteiger charge is -1.99. The number of aromatic nitrogens is 2. The molecule has 110 valence electrons. The van der Waals surface area contributed by atoms with Crippen molar-refractivity contribution in [3.8, 4) is 10.6 Å². The smallest absolute Gasteiger partial charge is 0.272 e. The van der Waals surface area contributed by atoms with Crippen LogP contribution in [0.2, 0.25) is 0 Å². The van der Waals surface area contributed by atoms with E-state index in [4.69, 9.17) is 0 Å². The number of hydrogen-bond acceptors (Lipinski definition) is 6. The highest BCUT2D eigenvalue weighted by molar-refractivity contribution is 7.14. The summed E-state index contributed by atoms with van der Waals surface area (Å²) in [6.07, 6.45) is 3.44. The average molecular weight is 304 g/mol. The van der Waals surface area contributed by atoms with Crippen LogP contribution in [-0.2, 0) is 6.42 Å². The molecular formula is C14H16N4O2S. The van der Waals surface area contributed by atoms with Crippen molar-refractivity contribution in [3.05, 3.63) is 38.9 Å². The summed E-state index contributed by atoms with van der Waals surface area (Å²) in [5.74, 6) is 0. The molecule has 1 aromatic heterocycles. The zero-order chi connectivity index (χ0) is 14.8. The summed E-state index contributed by atoms with van der Waals surface area (Å²) in [6, 6.07) is 5.76. The van der Waals surface area contributed by atoms with Crippen LogP contribution in [0.25, 0.3) is 10.6 Å². The Hall–Kier alpha value is -1.86. The number of hydrogen-bond donors (Lipinski definition) is 1. The lowest BCUT2D eigenvalue weighted by Crippen LogP contribution is -2.19. The summed E-state index contributed by atoms with van der Waals surface area (Å²) in [5, 5.41) is 24.5. The van der Waals surface area contributed by atoms with Crippen LogP contribution in [0.5, 0.6) is 0 Å². The molecule has 1 aliphatic rings. The molecule has 1 heterocycles.